The van der Waals surface area contributed by atoms with Crippen LogP contribution in [0.1, 0.15) is 32.9 Å². The second kappa shape index (κ2) is 6.96. The van der Waals surface area contributed by atoms with Crippen LogP contribution in [0, 0.1) is 12.8 Å². The Hall–Kier alpha value is -2.27. The molecule has 2 aromatic heterocycles. The van der Waals surface area contributed by atoms with Gasteiger partial charge in [-0.1, -0.05) is 13.8 Å². The van der Waals surface area contributed by atoms with E-state index in [-0.39, 0.29) is 5.56 Å². The highest BCUT2D eigenvalue weighted by Gasteiger charge is 2.39. The van der Waals surface area contributed by atoms with Gasteiger partial charge in [-0.05, 0) is 55.8 Å². The van der Waals surface area contributed by atoms with Gasteiger partial charge in [-0.2, -0.15) is 0 Å². The molecule has 3 rings (SSSR count). The Morgan fingerprint density at radius 1 is 1.21 bits per heavy atom. The van der Waals surface area contributed by atoms with Crippen molar-refractivity contribution in [1.29, 1.82) is 0 Å². The quantitative estimate of drug-likeness (QED) is 0.540. The van der Waals surface area contributed by atoms with Crippen LogP contribution in [-0.2, 0) is 7.05 Å². The molecule has 146 valence electrons. The van der Waals surface area contributed by atoms with Crippen molar-refractivity contribution in [3.05, 3.63) is 46.5 Å². The molecule has 0 amide bonds. The van der Waals surface area contributed by atoms with Gasteiger partial charge in [0.2, 0.25) is 0 Å². The molecule has 7 heteroatoms. The zero-order chi connectivity index (χ0) is 20.9. The topological polar surface area (TPSA) is 70.1 Å². The predicted molar refractivity (Wildman–Crippen MR) is 122 cm³/mol. The third-order valence-electron chi connectivity index (χ3n) is 5.84. The Morgan fingerprint density at radius 2 is 1.89 bits per heavy atom. The summed E-state index contributed by atoms with van der Waals surface area (Å²) in [6.45, 7) is 8.26. The second-order valence-electron chi connectivity index (χ2n) is 8.99. The highest BCUT2D eigenvalue weighted by Crippen LogP contribution is 2.31. The van der Waals surface area contributed by atoms with Crippen molar-refractivity contribution in [3.63, 3.8) is 0 Å². The number of pyridine rings is 2. The number of rotatable bonds is 5. The van der Waals surface area contributed by atoms with Gasteiger partial charge in [-0.3, -0.25) is 9.78 Å². The number of benzene rings is 1. The third kappa shape index (κ3) is 3.44. The van der Waals surface area contributed by atoms with E-state index in [4.69, 9.17) is 10.5 Å². The second-order valence-corrected chi connectivity index (χ2v) is 8.99. The highest BCUT2D eigenvalue weighted by molar-refractivity contribution is 6.40. The summed E-state index contributed by atoms with van der Waals surface area (Å²) >= 11 is 0. The predicted octanol–water partition coefficient (Wildman–Crippen LogP) is 1.46. The Labute approximate surface area is 168 Å². The van der Waals surface area contributed by atoms with Crippen molar-refractivity contribution < 1.29 is 4.74 Å². The lowest BCUT2D eigenvalue weighted by Gasteiger charge is -2.43. The Bertz CT molecular complexity index is 1100. The fraction of sp³-hybridized carbons (Fsp3) is 0.429. The lowest BCUT2D eigenvalue weighted by atomic mass is 9.53. The van der Waals surface area contributed by atoms with E-state index < -0.39 is 10.9 Å². The van der Waals surface area contributed by atoms with Gasteiger partial charge in [0.25, 0.3) is 5.56 Å². The Balaban J connectivity index is 2.12. The minimum atomic E-state index is -0.590. The number of nitrogens with zero attached hydrogens (tertiary/aromatic N) is 2. The normalized spacial score (nSPS) is 14.5. The van der Waals surface area contributed by atoms with Crippen LogP contribution < -0.4 is 16.0 Å². The molecule has 0 aliphatic carbocycles. The Morgan fingerprint density at radius 3 is 2.54 bits per heavy atom. The molecule has 2 N–H and O–H groups in total. The average molecular weight is 377 g/mol. The molecule has 2 heterocycles. The maximum Gasteiger partial charge on any atom is 0.258 e. The largest absolute Gasteiger partial charge is 0.504 e. The first-order valence-electron chi connectivity index (χ1n) is 9.80. The van der Waals surface area contributed by atoms with Gasteiger partial charge in [0.15, 0.2) is 0 Å². The van der Waals surface area contributed by atoms with Gasteiger partial charge in [0.1, 0.15) is 21.4 Å². The molecule has 28 heavy (non-hydrogen) atoms. The van der Waals surface area contributed by atoms with E-state index in [0.29, 0.717) is 17.1 Å². The average Bonchev–Trinajstić information content (AvgIpc) is 2.58. The molecule has 0 aliphatic rings. The summed E-state index contributed by atoms with van der Waals surface area (Å²) in [7, 11) is 5.80. The zero-order valence-electron chi connectivity index (χ0n) is 18.0. The zero-order valence-corrected chi connectivity index (χ0v) is 18.0. The summed E-state index contributed by atoms with van der Waals surface area (Å²) < 4.78 is 7.99. The molecule has 0 fully saturated rings. The summed E-state index contributed by atoms with van der Waals surface area (Å²) in [5.41, 5.74) is 7.74. The van der Waals surface area contributed by atoms with Crippen LogP contribution >= 0.6 is 0 Å². The van der Waals surface area contributed by atoms with Gasteiger partial charge in [-0.25, -0.2) is 0 Å². The standard InChI is InChI=1S/C21H29B2N3O2/c1-12(2)11-20(4,24)21(22,23)28-14-6-7-15-16-8-9-25-13(3)18(16)26(5)19(27)17(15)10-14/h6-10,12H,11,22-24H2,1-5H3. The van der Waals surface area contributed by atoms with Gasteiger partial charge in [0, 0.05) is 24.2 Å². The molecule has 0 saturated carbocycles. The SMILES string of the molecule is BC(B)(Oc1ccc2c(c1)c(=O)n(C)c1c(C)nccc21)C(C)(N)CC(C)C. The Kier molecular flexibility index (Phi) is 5.09. The van der Waals surface area contributed by atoms with Crippen molar-refractivity contribution in [2.24, 2.45) is 18.7 Å². The van der Waals surface area contributed by atoms with E-state index in [1.54, 1.807) is 17.8 Å². The van der Waals surface area contributed by atoms with E-state index in [0.717, 1.165) is 28.4 Å². The number of hydrogen-bond donors (Lipinski definition) is 1. The van der Waals surface area contributed by atoms with Gasteiger partial charge < -0.3 is 15.0 Å². The first kappa shape index (κ1) is 20.5. The molecule has 0 radical (unpaired) electrons. The molecule has 1 atom stereocenters. The summed E-state index contributed by atoms with van der Waals surface area (Å²) in [4.78, 5) is 17.3. The highest BCUT2D eigenvalue weighted by atomic mass is 16.5. The molecule has 5 nitrogen and oxygen atoms in total. The lowest BCUT2D eigenvalue weighted by molar-refractivity contribution is 0.134. The van der Waals surface area contributed by atoms with E-state index in [2.05, 4.69) is 18.8 Å². The molecule has 0 aliphatic heterocycles. The summed E-state index contributed by atoms with van der Waals surface area (Å²) in [5, 5.41) is 1.97. The van der Waals surface area contributed by atoms with Gasteiger partial charge >= 0.3 is 0 Å². The molecule has 0 spiro atoms. The minimum absolute atomic E-state index is 0.0560. The molecule has 1 unspecified atom stereocenters. The fourth-order valence-corrected chi connectivity index (χ4v) is 3.99. The smallest absolute Gasteiger partial charge is 0.258 e. The molecule has 0 saturated heterocycles. The number of hydrogen-bond acceptors (Lipinski definition) is 4. The first-order valence-corrected chi connectivity index (χ1v) is 9.80. The van der Waals surface area contributed by atoms with Crippen LogP contribution in [0.3, 0.4) is 0 Å². The van der Waals surface area contributed by atoms with Crippen molar-refractivity contribution in [1.82, 2.24) is 9.55 Å². The van der Waals surface area contributed by atoms with E-state index in [1.807, 2.05) is 53.8 Å². The van der Waals surface area contributed by atoms with Crippen molar-refractivity contribution in [3.8, 4) is 5.75 Å². The van der Waals surface area contributed by atoms with Gasteiger partial charge in [-0.15, -0.1) is 0 Å². The molecule has 3 aromatic rings. The van der Waals surface area contributed by atoms with Crippen LogP contribution in [0.15, 0.2) is 35.3 Å². The molecular weight excluding hydrogens is 348 g/mol. The third-order valence-corrected chi connectivity index (χ3v) is 5.84. The summed E-state index contributed by atoms with van der Waals surface area (Å²) in [6.07, 6.45) is 2.62. The van der Waals surface area contributed by atoms with Crippen molar-refractivity contribution >= 4 is 37.4 Å². The molecular formula is C21H29B2N3O2. The number of nitrogens with two attached hydrogens (primary N) is 1. The van der Waals surface area contributed by atoms with E-state index >= 15 is 0 Å². The number of aryl methyl sites for hydroxylation is 2. The number of ether oxygens (including phenoxy) is 1. The summed E-state index contributed by atoms with van der Waals surface area (Å²) in [5.74, 6) is 1.12. The van der Waals surface area contributed by atoms with Crippen LogP contribution in [0.2, 0.25) is 0 Å². The van der Waals surface area contributed by atoms with Crippen LogP contribution in [0.25, 0.3) is 21.7 Å². The van der Waals surface area contributed by atoms with Crippen molar-refractivity contribution in [2.45, 2.75) is 45.1 Å². The maximum absolute atomic E-state index is 13.0. The first-order chi connectivity index (χ1) is 12.9. The van der Waals surface area contributed by atoms with Gasteiger partial charge in [0.05, 0.1) is 22.0 Å². The monoisotopic (exact) mass is 377 g/mol. The van der Waals surface area contributed by atoms with E-state index in [9.17, 15) is 4.79 Å². The number of fused-ring (bicyclic) bond motifs is 3. The fourth-order valence-electron chi connectivity index (χ4n) is 3.99. The van der Waals surface area contributed by atoms with Crippen LogP contribution in [-0.4, -0.2) is 36.2 Å². The molecule has 0 bridgehead atoms. The van der Waals surface area contributed by atoms with E-state index in [1.165, 1.54) is 0 Å². The summed E-state index contributed by atoms with van der Waals surface area (Å²) in [6, 6.07) is 7.67. The van der Waals surface area contributed by atoms with Crippen molar-refractivity contribution in [2.75, 3.05) is 0 Å². The maximum atomic E-state index is 13.0. The van der Waals surface area contributed by atoms with Crippen LogP contribution in [0.4, 0.5) is 0 Å². The minimum Gasteiger partial charge on any atom is -0.504 e. The molecule has 1 aromatic carbocycles. The lowest BCUT2D eigenvalue weighted by Crippen LogP contribution is -2.63. The van der Waals surface area contributed by atoms with Crippen LogP contribution in [0.5, 0.6) is 5.75 Å². The number of aromatic nitrogens is 2.